The topological polar surface area (TPSA) is 96.7 Å². The van der Waals surface area contributed by atoms with Gasteiger partial charge >= 0.3 is 0 Å². The molecule has 1 amide bonds. The minimum absolute atomic E-state index is 0.0220. The maximum absolute atomic E-state index is 11.7. The number of anilines is 1. The summed E-state index contributed by atoms with van der Waals surface area (Å²) in [6.07, 6.45) is 3.50. The molecule has 6 nitrogen and oxygen atoms in total. The molecular formula is C15H19N5O. The highest BCUT2D eigenvalue weighted by atomic mass is 16.1. The molecule has 21 heavy (non-hydrogen) atoms. The summed E-state index contributed by atoms with van der Waals surface area (Å²) < 4.78 is 0. The van der Waals surface area contributed by atoms with Crippen LogP contribution in [0.4, 0.5) is 5.69 Å². The SMILES string of the molecule is NCCCC(=O)Nc1cccc(-c2n[nH]c(C3CC3)n2)c1. The molecule has 1 aromatic heterocycles. The fourth-order valence-electron chi connectivity index (χ4n) is 2.16. The van der Waals surface area contributed by atoms with Crippen LogP contribution in [-0.2, 0) is 4.79 Å². The van der Waals surface area contributed by atoms with Crippen molar-refractivity contribution in [3.05, 3.63) is 30.1 Å². The van der Waals surface area contributed by atoms with Crippen molar-refractivity contribution in [1.82, 2.24) is 15.2 Å². The van der Waals surface area contributed by atoms with Crippen LogP contribution in [0.25, 0.3) is 11.4 Å². The monoisotopic (exact) mass is 285 g/mol. The Labute approximate surface area is 123 Å². The molecule has 1 aromatic carbocycles. The number of nitrogens with two attached hydrogens (primary N) is 1. The number of aromatic nitrogens is 3. The van der Waals surface area contributed by atoms with Gasteiger partial charge in [-0.3, -0.25) is 9.89 Å². The van der Waals surface area contributed by atoms with Gasteiger partial charge in [-0.1, -0.05) is 12.1 Å². The predicted molar refractivity (Wildman–Crippen MR) is 80.7 cm³/mol. The van der Waals surface area contributed by atoms with Gasteiger partial charge in [-0.25, -0.2) is 4.98 Å². The van der Waals surface area contributed by atoms with Crippen LogP contribution in [0, 0.1) is 0 Å². The predicted octanol–water partition coefficient (Wildman–Crippen LogP) is 2.03. The van der Waals surface area contributed by atoms with E-state index in [0.717, 1.165) is 17.1 Å². The Hall–Kier alpha value is -2.21. The van der Waals surface area contributed by atoms with Crippen molar-refractivity contribution >= 4 is 11.6 Å². The molecule has 1 saturated carbocycles. The van der Waals surface area contributed by atoms with Gasteiger partial charge in [-0.15, -0.1) is 0 Å². The molecule has 0 radical (unpaired) electrons. The average molecular weight is 285 g/mol. The lowest BCUT2D eigenvalue weighted by molar-refractivity contribution is -0.116. The number of benzene rings is 1. The highest BCUT2D eigenvalue weighted by molar-refractivity contribution is 5.91. The molecule has 110 valence electrons. The third kappa shape index (κ3) is 3.46. The van der Waals surface area contributed by atoms with E-state index >= 15 is 0 Å². The number of hydrogen-bond acceptors (Lipinski definition) is 4. The summed E-state index contributed by atoms with van der Waals surface area (Å²) in [5.74, 6) is 2.16. The molecular weight excluding hydrogens is 266 g/mol. The summed E-state index contributed by atoms with van der Waals surface area (Å²) in [4.78, 5) is 16.2. The molecule has 0 bridgehead atoms. The normalized spacial score (nSPS) is 14.1. The van der Waals surface area contributed by atoms with Gasteiger partial charge in [0.15, 0.2) is 5.82 Å². The largest absolute Gasteiger partial charge is 0.330 e. The Bertz CT molecular complexity index is 632. The Morgan fingerprint density at radius 3 is 3.05 bits per heavy atom. The van der Waals surface area contributed by atoms with Gasteiger partial charge in [0.1, 0.15) is 5.82 Å². The van der Waals surface area contributed by atoms with Crippen LogP contribution in [0.3, 0.4) is 0 Å². The standard InChI is InChI=1S/C15H19N5O/c16-8-2-5-13(21)17-12-4-1-3-11(9-12)15-18-14(19-20-15)10-6-7-10/h1,3-4,9-10H,2,5-8,16H2,(H,17,21)(H,18,19,20). The molecule has 0 spiro atoms. The Balaban J connectivity index is 1.71. The number of nitrogens with zero attached hydrogens (tertiary/aromatic N) is 2. The Kier molecular flexibility index (Phi) is 3.96. The van der Waals surface area contributed by atoms with E-state index < -0.39 is 0 Å². The van der Waals surface area contributed by atoms with Crippen LogP contribution in [0.15, 0.2) is 24.3 Å². The average Bonchev–Trinajstić information content (AvgIpc) is 3.23. The van der Waals surface area contributed by atoms with Gasteiger partial charge in [0, 0.05) is 23.6 Å². The van der Waals surface area contributed by atoms with Crippen LogP contribution in [0.5, 0.6) is 0 Å². The van der Waals surface area contributed by atoms with E-state index in [2.05, 4.69) is 20.5 Å². The van der Waals surface area contributed by atoms with Crippen molar-refractivity contribution in [2.24, 2.45) is 5.73 Å². The Morgan fingerprint density at radius 2 is 2.29 bits per heavy atom. The molecule has 1 aliphatic rings. The fourth-order valence-corrected chi connectivity index (χ4v) is 2.16. The third-order valence-electron chi connectivity index (χ3n) is 3.48. The second-order valence-electron chi connectivity index (χ2n) is 5.34. The van der Waals surface area contributed by atoms with Crippen molar-refractivity contribution in [2.75, 3.05) is 11.9 Å². The van der Waals surface area contributed by atoms with E-state index in [4.69, 9.17) is 5.73 Å². The molecule has 0 aliphatic heterocycles. The van der Waals surface area contributed by atoms with Gasteiger partial charge in [-0.2, -0.15) is 5.10 Å². The molecule has 3 rings (SSSR count). The van der Waals surface area contributed by atoms with E-state index in [1.165, 1.54) is 12.8 Å². The number of carbonyl (C=O) groups excluding carboxylic acids is 1. The second-order valence-corrected chi connectivity index (χ2v) is 5.34. The lowest BCUT2D eigenvalue weighted by atomic mass is 10.2. The van der Waals surface area contributed by atoms with E-state index in [9.17, 15) is 4.79 Å². The van der Waals surface area contributed by atoms with E-state index in [1.807, 2.05) is 24.3 Å². The highest BCUT2D eigenvalue weighted by Crippen LogP contribution is 2.38. The zero-order chi connectivity index (χ0) is 14.7. The summed E-state index contributed by atoms with van der Waals surface area (Å²) in [6.45, 7) is 0.522. The zero-order valence-corrected chi connectivity index (χ0v) is 11.8. The van der Waals surface area contributed by atoms with Crippen LogP contribution in [0.2, 0.25) is 0 Å². The first-order chi connectivity index (χ1) is 10.3. The van der Waals surface area contributed by atoms with Crippen molar-refractivity contribution in [3.63, 3.8) is 0 Å². The maximum atomic E-state index is 11.7. The molecule has 0 saturated heterocycles. The summed E-state index contributed by atoms with van der Waals surface area (Å²) in [5.41, 5.74) is 7.06. The lowest BCUT2D eigenvalue weighted by Crippen LogP contribution is -2.13. The molecule has 2 aromatic rings. The number of H-pyrrole nitrogens is 1. The second kappa shape index (κ2) is 6.05. The molecule has 1 fully saturated rings. The molecule has 0 unspecified atom stereocenters. The van der Waals surface area contributed by atoms with Gasteiger partial charge in [-0.05, 0) is 37.9 Å². The smallest absolute Gasteiger partial charge is 0.224 e. The quantitative estimate of drug-likeness (QED) is 0.756. The van der Waals surface area contributed by atoms with Crippen molar-refractivity contribution < 1.29 is 4.79 Å². The lowest BCUT2D eigenvalue weighted by Gasteiger charge is -2.05. The van der Waals surface area contributed by atoms with Crippen LogP contribution >= 0.6 is 0 Å². The number of amides is 1. The highest BCUT2D eigenvalue weighted by Gasteiger charge is 2.27. The van der Waals surface area contributed by atoms with Gasteiger partial charge < -0.3 is 11.1 Å². The van der Waals surface area contributed by atoms with Gasteiger partial charge in [0.2, 0.25) is 5.91 Å². The zero-order valence-electron chi connectivity index (χ0n) is 11.8. The number of nitrogens with one attached hydrogen (secondary N) is 2. The molecule has 4 N–H and O–H groups in total. The first kappa shape index (κ1) is 13.8. The van der Waals surface area contributed by atoms with Crippen molar-refractivity contribution in [3.8, 4) is 11.4 Å². The summed E-state index contributed by atoms with van der Waals surface area (Å²) in [6, 6.07) is 7.58. The summed E-state index contributed by atoms with van der Waals surface area (Å²) in [5, 5.41) is 10.1. The van der Waals surface area contributed by atoms with Crippen LogP contribution < -0.4 is 11.1 Å². The van der Waals surface area contributed by atoms with Crippen LogP contribution in [0.1, 0.15) is 37.4 Å². The molecule has 1 aliphatic carbocycles. The van der Waals surface area contributed by atoms with E-state index in [0.29, 0.717) is 31.1 Å². The number of carbonyl (C=O) groups is 1. The molecule has 1 heterocycles. The first-order valence-corrected chi connectivity index (χ1v) is 7.29. The number of aromatic amines is 1. The number of hydrogen-bond donors (Lipinski definition) is 3. The summed E-state index contributed by atoms with van der Waals surface area (Å²) in [7, 11) is 0. The minimum Gasteiger partial charge on any atom is -0.330 e. The number of rotatable bonds is 6. The maximum Gasteiger partial charge on any atom is 0.224 e. The minimum atomic E-state index is -0.0220. The third-order valence-corrected chi connectivity index (χ3v) is 3.48. The van der Waals surface area contributed by atoms with Crippen molar-refractivity contribution in [2.45, 2.75) is 31.6 Å². The molecule has 6 heteroatoms. The van der Waals surface area contributed by atoms with E-state index in [-0.39, 0.29) is 5.91 Å². The van der Waals surface area contributed by atoms with Crippen LogP contribution in [-0.4, -0.2) is 27.6 Å². The van der Waals surface area contributed by atoms with Gasteiger partial charge in [0.25, 0.3) is 0 Å². The first-order valence-electron chi connectivity index (χ1n) is 7.29. The van der Waals surface area contributed by atoms with Gasteiger partial charge in [0.05, 0.1) is 0 Å². The summed E-state index contributed by atoms with van der Waals surface area (Å²) >= 11 is 0. The fraction of sp³-hybridized carbons (Fsp3) is 0.400. The van der Waals surface area contributed by atoms with Crippen molar-refractivity contribution in [1.29, 1.82) is 0 Å². The van der Waals surface area contributed by atoms with E-state index in [1.54, 1.807) is 0 Å². The Morgan fingerprint density at radius 1 is 1.43 bits per heavy atom. The molecule has 0 atom stereocenters.